The minimum Gasteiger partial charge on any atom is -0.444 e. The van der Waals surface area contributed by atoms with Crippen molar-refractivity contribution >= 4 is 27.7 Å². The Bertz CT molecular complexity index is 794. The van der Waals surface area contributed by atoms with Crippen LogP contribution >= 0.6 is 27.7 Å². The Kier molecular flexibility index (Phi) is 4.44. The highest BCUT2D eigenvalue weighted by atomic mass is 79.9. The molecule has 0 N–H and O–H groups in total. The van der Waals surface area contributed by atoms with Gasteiger partial charge in [-0.25, -0.2) is 0 Å². The van der Waals surface area contributed by atoms with Gasteiger partial charge in [0.25, 0.3) is 5.89 Å². The molecule has 9 heteroatoms. The van der Waals surface area contributed by atoms with E-state index in [4.69, 9.17) is 8.83 Å². The van der Waals surface area contributed by atoms with E-state index < -0.39 is 0 Å². The molecule has 0 aromatic carbocycles. The number of hydrogen-bond acceptors (Lipinski definition) is 7. The number of hydrogen-bond donors (Lipinski definition) is 0. The zero-order valence-electron chi connectivity index (χ0n) is 11.7. The summed E-state index contributed by atoms with van der Waals surface area (Å²) in [7, 11) is 0. The third kappa shape index (κ3) is 3.14. The molecule has 0 bridgehead atoms. The average Bonchev–Trinajstić information content (AvgIpc) is 3.20. The van der Waals surface area contributed by atoms with Gasteiger partial charge in [0.15, 0.2) is 15.6 Å². The van der Waals surface area contributed by atoms with Crippen LogP contribution in [0.1, 0.15) is 11.7 Å². The van der Waals surface area contributed by atoms with Crippen LogP contribution in [0.2, 0.25) is 0 Å². The fraction of sp³-hybridized carbons (Fsp3) is 0.231. The highest BCUT2D eigenvalue weighted by Gasteiger charge is 2.14. The van der Waals surface area contributed by atoms with Crippen LogP contribution in [-0.2, 0) is 12.3 Å². The van der Waals surface area contributed by atoms with Crippen molar-refractivity contribution in [3.05, 3.63) is 41.2 Å². The lowest BCUT2D eigenvalue weighted by Gasteiger charge is -2.03. The highest BCUT2D eigenvalue weighted by Crippen LogP contribution is 2.26. The second kappa shape index (κ2) is 6.49. The average molecular weight is 382 g/mol. The van der Waals surface area contributed by atoms with Crippen LogP contribution < -0.4 is 0 Å². The second-order valence-electron chi connectivity index (χ2n) is 4.32. The zero-order chi connectivity index (χ0) is 15.5. The van der Waals surface area contributed by atoms with Gasteiger partial charge in [-0.2, -0.15) is 0 Å². The molecule has 0 spiro atoms. The molecule has 0 aliphatic carbocycles. The maximum absolute atomic E-state index is 5.58. The Labute approximate surface area is 138 Å². The Morgan fingerprint density at radius 2 is 2.14 bits per heavy atom. The van der Waals surface area contributed by atoms with Gasteiger partial charge in [0.1, 0.15) is 5.82 Å². The lowest BCUT2D eigenvalue weighted by molar-refractivity contribution is 0.486. The van der Waals surface area contributed by atoms with Crippen LogP contribution in [0.5, 0.6) is 0 Å². The predicted octanol–water partition coefficient (Wildman–Crippen LogP) is 3.47. The SMILES string of the molecule is C=CCn1c(C)nnc1SCc1nnc(-c2ccc(Br)o2)o1. The maximum atomic E-state index is 5.58. The maximum Gasteiger partial charge on any atom is 0.283 e. The molecule has 0 radical (unpaired) electrons. The molecule has 7 nitrogen and oxygen atoms in total. The topological polar surface area (TPSA) is 82.8 Å². The first-order chi connectivity index (χ1) is 10.7. The number of halogens is 1. The fourth-order valence-corrected chi connectivity index (χ4v) is 2.91. The first kappa shape index (κ1) is 15.0. The van der Waals surface area contributed by atoms with E-state index in [1.165, 1.54) is 11.8 Å². The van der Waals surface area contributed by atoms with Gasteiger partial charge in [-0.15, -0.1) is 27.0 Å². The monoisotopic (exact) mass is 381 g/mol. The summed E-state index contributed by atoms with van der Waals surface area (Å²) < 4.78 is 13.5. The Morgan fingerprint density at radius 1 is 1.27 bits per heavy atom. The predicted molar refractivity (Wildman–Crippen MR) is 84.2 cm³/mol. The summed E-state index contributed by atoms with van der Waals surface area (Å²) in [5, 5.41) is 17.0. The third-order valence-corrected chi connectivity index (χ3v) is 4.17. The van der Waals surface area contributed by atoms with Crippen molar-refractivity contribution in [1.82, 2.24) is 25.0 Å². The molecule has 0 aliphatic rings. The number of thioether (sulfide) groups is 1. The first-order valence-electron chi connectivity index (χ1n) is 6.39. The van der Waals surface area contributed by atoms with E-state index in [2.05, 4.69) is 42.9 Å². The van der Waals surface area contributed by atoms with Crippen molar-refractivity contribution in [3.8, 4) is 11.7 Å². The molecule has 0 amide bonds. The molecule has 22 heavy (non-hydrogen) atoms. The Balaban J connectivity index is 1.70. The summed E-state index contributed by atoms with van der Waals surface area (Å²) in [6.45, 7) is 6.30. The summed E-state index contributed by atoms with van der Waals surface area (Å²) in [4.78, 5) is 0. The van der Waals surface area contributed by atoms with E-state index >= 15 is 0 Å². The highest BCUT2D eigenvalue weighted by molar-refractivity contribution is 9.10. The zero-order valence-corrected chi connectivity index (χ0v) is 14.1. The molecular weight excluding hydrogens is 370 g/mol. The lowest BCUT2D eigenvalue weighted by Crippen LogP contribution is -2.00. The van der Waals surface area contributed by atoms with E-state index in [1.54, 1.807) is 18.2 Å². The Hall–Kier alpha value is -1.87. The van der Waals surface area contributed by atoms with Gasteiger partial charge in [-0.05, 0) is 35.0 Å². The molecule has 0 fully saturated rings. The van der Waals surface area contributed by atoms with E-state index in [-0.39, 0.29) is 0 Å². The minimum atomic E-state index is 0.352. The number of aromatic nitrogens is 5. The molecule has 114 valence electrons. The van der Waals surface area contributed by atoms with Gasteiger partial charge < -0.3 is 13.4 Å². The largest absolute Gasteiger partial charge is 0.444 e. The van der Waals surface area contributed by atoms with Crippen LogP contribution in [0.15, 0.2) is 43.4 Å². The number of furan rings is 1. The summed E-state index contributed by atoms with van der Waals surface area (Å²) >= 11 is 4.72. The van der Waals surface area contributed by atoms with Gasteiger partial charge in [-0.3, -0.25) is 0 Å². The fourth-order valence-electron chi connectivity index (χ4n) is 1.77. The number of aryl methyl sites for hydroxylation is 1. The lowest BCUT2D eigenvalue weighted by atomic mass is 10.5. The number of rotatable bonds is 6. The van der Waals surface area contributed by atoms with Crippen molar-refractivity contribution in [1.29, 1.82) is 0 Å². The van der Waals surface area contributed by atoms with E-state index in [0.29, 0.717) is 34.5 Å². The summed E-state index contributed by atoms with van der Waals surface area (Å²) in [5.41, 5.74) is 0. The molecule has 0 saturated carbocycles. The smallest absolute Gasteiger partial charge is 0.283 e. The molecule has 3 rings (SSSR count). The van der Waals surface area contributed by atoms with Crippen molar-refractivity contribution < 1.29 is 8.83 Å². The van der Waals surface area contributed by atoms with Gasteiger partial charge in [0.05, 0.1) is 5.75 Å². The third-order valence-electron chi connectivity index (χ3n) is 2.79. The Morgan fingerprint density at radius 3 is 2.86 bits per heavy atom. The molecular formula is C13H12BrN5O2S. The normalized spacial score (nSPS) is 11.0. The second-order valence-corrected chi connectivity index (χ2v) is 6.05. The van der Waals surface area contributed by atoms with Gasteiger partial charge in [0.2, 0.25) is 5.89 Å². The molecule has 3 heterocycles. The van der Waals surface area contributed by atoms with Crippen LogP contribution in [-0.4, -0.2) is 25.0 Å². The molecule has 3 aromatic heterocycles. The summed E-state index contributed by atoms with van der Waals surface area (Å²) in [6.07, 6.45) is 1.81. The van der Waals surface area contributed by atoms with Crippen LogP contribution in [0.25, 0.3) is 11.7 Å². The van der Waals surface area contributed by atoms with Crippen molar-refractivity contribution in [3.63, 3.8) is 0 Å². The summed E-state index contributed by atoms with van der Waals surface area (Å²) in [5.74, 6) is 2.73. The first-order valence-corrected chi connectivity index (χ1v) is 8.17. The standard InChI is InChI=1S/C13H12BrN5O2S/c1-3-6-19-8(2)15-18-13(19)22-7-11-16-17-12(21-11)9-4-5-10(14)20-9/h3-5H,1,6-7H2,2H3. The van der Waals surface area contributed by atoms with Gasteiger partial charge in [0, 0.05) is 6.54 Å². The molecule has 0 unspecified atom stereocenters. The molecule has 3 aromatic rings. The molecule has 0 atom stereocenters. The van der Waals surface area contributed by atoms with E-state index in [1.807, 2.05) is 11.5 Å². The number of nitrogens with zero attached hydrogens (tertiary/aromatic N) is 5. The minimum absolute atomic E-state index is 0.352. The van der Waals surface area contributed by atoms with E-state index in [0.717, 1.165) is 11.0 Å². The van der Waals surface area contributed by atoms with Gasteiger partial charge >= 0.3 is 0 Å². The van der Waals surface area contributed by atoms with E-state index in [9.17, 15) is 0 Å². The number of allylic oxidation sites excluding steroid dienone is 1. The van der Waals surface area contributed by atoms with Crippen molar-refractivity contribution in [2.24, 2.45) is 0 Å². The summed E-state index contributed by atoms with van der Waals surface area (Å²) in [6, 6.07) is 3.53. The van der Waals surface area contributed by atoms with Crippen LogP contribution in [0.3, 0.4) is 0 Å². The van der Waals surface area contributed by atoms with Crippen molar-refractivity contribution in [2.75, 3.05) is 0 Å². The quantitative estimate of drug-likeness (QED) is 0.477. The van der Waals surface area contributed by atoms with Crippen LogP contribution in [0, 0.1) is 6.92 Å². The molecule has 0 saturated heterocycles. The molecule has 0 aliphatic heterocycles. The van der Waals surface area contributed by atoms with Gasteiger partial charge in [-0.1, -0.05) is 17.8 Å². The van der Waals surface area contributed by atoms with Crippen molar-refractivity contribution in [2.45, 2.75) is 24.4 Å². The van der Waals surface area contributed by atoms with Crippen LogP contribution in [0.4, 0.5) is 0 Å².